The number of alkyl halides is 1. The summed E-state index contributed by atoms with van der Waals surface area (Å²) in [5, 5.41) is 0. The van der Waals surface area contributed by atoms with E-state index in [2.05, 4.69) is 43.5 Å². The molecule has 0 bridgehead atoms. The Hall–Kier alpha value is -1.02. The lowest BCUT2D eigenvalue weighted by molar-refractivity contribution is 0.469. The van der Waals surface area contributed by atoms with E-state index in [9.17, 15) is 0 Å². The predicted molar refractivity (Wildman–Crippen MR) is 92.4 cm³/mol. The summed E-state index contributed by atoms with van der Waals surface area (Å²) in [5.74, 6) is 1.77. The fraction of sp³-hybridized carbons (Fsp3) is 0.611. The fourth-order valence-electron chi connectivity index (χ4n) is 3.10. The molecule has 1 aromatic carbocycles. The van der Waals surface area contributed by atoms with Gasteiger partial charge in [-0.2, -0.15) is 0 Å². The summed E-state index contributed by atoms with van der Waals surface area (Å²) in [6, 6.07) is 6.87. The van der Waals surface area contributed by atoms with Crippen molar-refractivity contribution in [2.24, 2.45) is 0 Å². The van der Waals surface area contributed by atoms with Crippen molar-refractivity contribution in [1.29, 1.82) is 0 Å². The molecule has 3 heteroatoms. The van der Waals surface area contributed by atoms with E-state index in [4.69, 9.17) is 16.6 Å². The maximum Gasteiger partial charge on any atom is 0.111 e. The summed E-state index contributed by atoms with van der Waals surface area (Å²) < 4.78 is 2.43. The van der Waals surface area contributed by atoms with E-state index in [0.29, 0.717) is 11.9 Å². The average molecular weight is 307 g/mol. The van der Waals surface area contributed by atoms with E-state index >= 15 is 0 Å². The number of benzene rings is 1. The molecule has 21 heavy (non-hydrogen) atoms. The highest BCUT2D eigenvalue weighted by molar-refractivity contribution is 6.17. The van der Waals surface area contributed by atoms with Crippen LogP contribution in [0.1, 0.15) is 63.4 Å². The molecule has 2 aromatic rings. The Morgan fingerprint density at radius 3 is 2.76 bits per heavy atom. The van der Waals surface area contributed by atoms with Crippen molar-refractivity contribution in [3.63, 3.8) is 0 Å². The molecule has 0 spiro atoms. The highest BCUT2D eigenvalue weighted by atomic mass is 35.5. The lowest BCUT2D eigenvalue weighted by atomic mass is 10.1. The molecule has 0 aliphatic rings. The molecule has 2 nitrogen and oxygen atoms in total. The summed E-state index contributed by atoms with van der Waals surface area (Å²) >= 11 is 5.97. The summed E-state index contributed by atoms with van der Waals surface area (Å²) in [6.45, 7) is 6.75. The van der Waals surface area contributed by atoms with Crippen LogP contribution in [0.5, 0.6) is 0 Å². The minimum atomic E-state index is 0.492. The van der Waals surface area contributed by atoms with Crippen molar-refractivity contribution in [2.75, 3.05) is 5.88 Å². The van der Waals surface area contributed by atoms with Crippen LogP contribution < -0.4 is 0 Å². The van der Waals surface area contributed by atoms with Crippen LogP contribution in [0.15, 0.2) is 18.2 Å². The molecule has 0 saturated carbocycles. The Kier molecular flexibility index (Phi) is 6.10. The van der Waals surface area contributed by atoms with Gasteiger partial charge in [-0.15, -0.1) is 11.6 Å². The standard InChI is InChI=1S/C18H27ClN2/c1-4-5-6-7-10-15(3)21-17(12-13-19)20-16-11-8-9-14(2)18(16)21/h8-9,11,15H,4-7,10,12-13H2,1-3H3. The second-order valence-electron chi connectivity index (χ2n) is 5.98. The van der Waals surface area contributed by atoms with Crippen molar-refractivity contribution < 1.29 is 0 Å². The first-order chi connectivity index (χ1) is 10.2. The molecule has 0 saturated heterocycles. The zero-order chi connectivity index (χ0) is 15.2. The molecule has 0 radical (unpaired) electrons. The van der Waals surface area contributed by atoms with Crippen LogP contribution in [0.4, 0.5) is 0 Å². The predicted octanol–water partition coefficient (Wildman–Crippen LogP) is 5.66. The molecule has 116 valence electrons. The normalized spacial score (nSPS) is 13.0. The third-order valence-corrected chi connectivity index (χ3v) is 4.41. The maximum absolute atomic E-state index is 5.97. The van der Waals surface area contributed by atoms with Gasteiger partial charge < -0.3 is 4.57 Å². The Morgan fingerprint density at radius 1 is 1.24 bits per heavy atom. The largest absolute Gasteiger partial charge is 0.325 e. The van der Waals surface area contributed by atoms with Crippen LogP contribution in [0, 0.1) is 6.92 Å². The van der Waals surface area contributed by atoms with Crippen molar-refractivity contribution in [1.82, 2.24) is 9.55 Å². The van der Waals surface area contributed by atoms with Crippen molar-refractivity contribution in [2.45, 2.75) is 65.3 Å². The van der Waals surface area contributed by atoms with Gasteiger partial charge in [0.25, 0.3) is 0 Å². The first-order valence-corrected chi connectivity index (χ1v) is 8.74. The molecule has 2 rings (SSSR count). The van der Waals surface area contributed by atoms with Crippen LogP contribution in [0.3, 0.4) is 0 Å². The number of aromatic nitrogens is 2. The zero-order valence-electron chi connectivity index (χ0n) is 13.5. The van der Waals surface area contributed by atoms with Crippen LogP contribution >= 0.6 is 11.6 Å². The molecular formula is C18H27ClN2. The maximum atomic E-state index is 5.97. The highest BCUT2D eigenvalue weighted by Crippen LogP contribution is 2.27. The van der Waals surface area contributed by atoms with Gasteiger partial charge in [-0.3, -0.25) is 0 Å². The number of para-hydroxylation sites is 1. The molecule has 0 N–H and O–H groups in total. The second kappa shape index (κ2) is 7.84. The molecule has 0 aliphatic heterocycles. The Morgan fingerprint density at radius 2 is 2.05 bits per heavy atom. The van der Waals surface area contributed by atoms with Gasteiger partial charge in [0.05, 0.1) is 11.0 Å². The number of fused-ring (bicyclic) bond motifs is 1. The number of rotatable bonds is 8. The van der Waals surface area contributed by atoms with Gasteiger partial charge in [0.15, 0.2) is 0 Å². The molecule has 1 unspecified atom stereocenters. The van der Waals surface area contributed by atoms with Gasteiger partial charge in [0, 0.05) is 18.3 Å². The Labute approximate surface area is 133 Å². The van der Waals surface area contributed by atoms with E-state index in [1.165, 1.54) is 43.2 Å². The minimum absolute atomic E-state index is 0.492. The van der Waals surface area contributed by atoms with Gasteiger partial charge in [-0.1, -0.05) is 44.7 Å². The number of aryl methyl sites for hydroxylation is 2. The Bertz CT molecular complexity index is 574. The number of hydrogen-bond donors (Lipinski definition) is 0. The topological polar surface area (TPSA) is 17.8 Å². The van der Waals surface area contributed by atoms with Gasteiger partial charge in [0.1, 0.15) is 5.82 Å². The van der Waals surface area contributed by atoms with Crippen molar-refractivity contribution in [3.8, 4) is 0 Å². The number of nitrogens with zero attached hydrogens (tertiary/aromatic N) is 2. The Balaban J connectivity index is 2.28. The van der Waals surface area contributed by atoms with Gasteiger partial charge >= 0.3 is 0 Å². The van der Waals surface area contributed by atoms with Crippen LogP contribution in [-0.4, -0.2) is 15.4 Å². The quantitative estimate of drug-likeness (QED) is 0.454. The van der Waals surface area contributed by atoms with E-state index in [1.807, 2.05) is 0 Å². The van der Waals surface area contributed by atoms with Crippen LogP contribution in [0.25, 0.3) is 11.0 Å². The lowest BCUT2D eigenvalue weighted by Gasteiger charge is -2.18. The lowest BCUT2D eigenvalue weighted by Crippen LogP contribution is -2.10. The summed E-state index contributed by atoms with van der Waals surface area (Å²) in [6.07, 6.45) is 7.31. The molecule has 0 aliphatic carbocycles. The van der Waals surface area contributed by atoms with Crippen LogP contribution in [0.2, 0.25) is 0 Å². The zero-order valence-corrected chi connectivity index (χ0v) is 14.3. The third kappa shape index (κ3) is 3.79. The van der Waals surface area contributed by atoms with Gasteiger partial charge in [-0.25, -0.2) is 4.98 Å². The van der Waals surface area contributed by atoms with E-state index < -0.39 is 0 Å². The molecule has 0 amide bonds. The van der Waals surface area contributed by atoms with E-state index in [-0.39, 0.29) is 0 Å². The molecule has 1 aromatic heterocycles. The number of imidazole rings is 1. The molecule has 0 fully saturated rings. The van der Waals surface area contributed by atoms with Crippen molar-refractivity contribution >= 4 is 22.6 Å². The van der Waals surface area contributed by atoms with Crippen LogP contribution in [-0.2, 0) is 6.42 Å². The summed E-state index contributed by atoms with van der Waals surface area (Å²) in [5.41, 5.74) is 3.71. The second-order valence-corrected chi connectivity index (χ2v) is 6.36. The monoisotopic (exact) mass is 306 g/mol. The highest BCUT2D eigenvalue weighted by Gasteiger charge is 2.16. The molecule has 1 heterocycles. The molecule has 1 atom stereocenters. The van der Waals surface area contributed by atoms with E-state index in [1.54, 1.807) is 0 Å². The smallest absolute Gasteiger partial charge is 0.111 e. The first-order valence-electron chi connectivity index (χ1n) is 8.21. The fourth-order valence-corrected chi connectivity index (χ4v) is 3.27. The first kappa shape index (κ1) is 16.4. The van der Waals surface area contributed by atoms with Gasteiger partial charge in [-0.05, 0) is 31.9 Å². The van der Waals surface area contributed by atoms with E-state index in [0.717, 1.165) is 17.8 Å². The minimum Gasteiger partial charge on any atom is -0.325 e. The number of halogens is 1. The molecular weight excluding hydrogens is 280 g/mol. The average Bonchev–Trinajstić information content (AvgIpc) is 2.83. The third-order valence-electron chi connectivity index (χ3n) is 4.22. The summed E-state index contributed by atoms with van der Waals surface area (Å²) in [4.78, 5) is 4.81. The number of unbranched alkanes of at least 4 members (excludes halogenated alkanes) is 3. The van der Waals surface area contributed by atoms with Gasteiger partial charge in [0.2, 0.25) is 0 Å². The SMILES string of the molecule is CCCCCCC(C)n1c(CCCl)nc2cccc(C)c21. The summed E-state index contributed by atoms with van der Waals surface area (Å²) in [7, 11) is 0. The van der Waals surface area contributed by atoms with Crippen molar-refractivity contribution in [3.05, 3.63) is 29.6 Å². The number of hydrogen-bond acceptors (Lipinski definition) is 1.